The molecule has 0 saturated heterocycles. The molecular formula is C12H12. The minimum absolute atomic E-state index is 0.518. The van der Waals surface area contributed by atoms with Crippen LogP contribution in [-0.2, 0) is 0 Å². The highest BCUT2D eigenvalue weighted by Gasteiger charge is 2.12. The molecule has 1 atom stereocenters. The van der Waals surface area contributed by atoms with Crippen molar-refractivity contribution in [2.75, 3.05) is 0 Å². The average molecular weight is 156 g/mol. The molecule has 0 N–H and O–H groups in total. The van der Waals surface area contributed by atoms with E-state index in [1.807, 2.05) is 0 Å². The van der Waals surface area contributed by atoms with Gasteiger partial charge in [0.2, 0.25) is 0 Å². The van der Waals surface area contributed by atoms with Gasteiger partial charge in [-0.1, -0.05) is 24.1 Å². The van der Waals surface area contributed by atoms with Crippen molar-refractivity contribution < 1.29 is 0 Å². The number of hydrogen-bond donors (Lipinski definition) is 0. The number of benzene rings is 1. The standard InChI is InChI=1S/C12H12/c1-9-6-7-12(8-10(9)2)11-4-3-5-11/h6-8,11H,4H2,1-2H3. The molecule has 0 nitrogen and oxygen atoms in total. The second-order valence-corrected chi connectivity index (χ2v) is 3.42. The van der Waals surface area contributed by atoms with Gasteiger partial charge in [0, 0.05) is 6.42 Å². The van der Waals surface area contributed by atoms with E-state index in [-0.39, 0.29) is 0 Å². The normalized spacial score (nSPS) is 19.3. The lowest BCUT2D eigenvalue weighted by molar-refractivity contribution is 0.864. The maximum Gasteiger partial charge on any atom is 0.0561 e. The van der Waals surface area contributed by atoms with Gasteiger partial charge in [0.25, 0.3) is 0 Å². The van der Waals surface area contributed by atoms with E-state index < -0.39 is 0 Å². The van der Waals surface area contributed by atoms with Crippen molar-refractivity contribution in [3.05, 3.63) is 34.9 Å². The lowest BCUT2D eigenvalue weighted by Gasteiger charge is -2.14. The smallest absolute Gasteiger partial charge is 0.0561 e. The monoisotopic (exact) mass is 156 g/mol. The van der Waals surface area contributed by atoms with Crippen LogP contribution in [0, 0.1) is 25.7 Å². The van der Waals surface area contributed by atoms with Crippen LogP contribution >= 0.6 is 0 Å². The van der Waals surface area contributed by atoms with Crippen molar-refractivity contribution in [3.8, 4) is 11.8 Å². The van der Waals surface area contributed by atoms with Crippen LogP contribution in [0.15, 0.2) is 18.2 Å². The molecule has 0 radical (unpaired) electrons. The Morgan fingerprint density at radius 3 is 2.50 bits per heavy atom. The van der Waals surface area contributed by atoms with Crippen LogP contribution in [0.2, 0.25) is 0 Å². The molecule has 0 amide bonds. The summed E-state index contributed by atoms with van der Waals surface area (Å²) in [4.78, 5) is 0. The first-order valence-electron chi connectivity index (χ1n) is 4.33. The van der Waals surface area contributed by atoms with Crippen molar-refractivity contribution in [2.24, 2.45) is 0 Å². The molecule has 0 bridgehead atoms. The van der Waals surface area contributed by atoms with Crippen LogP contribution in [0.3, 0.4) is 0 Å². The minimum Gasteiger partial charge on any atom is -0.101 e. The van der Waals surface area contributed by atoms with E-state index in [0.29, 0.717) is 5.92 Å². The average Bonchev–Trinajstić information content (AvgIpc) is 1.93. The third-order valence-electron chi connectivity index (χ3n) is 2.52. The van der Waals surface area contributed by atoms with E-state index >= 15 is 0 Å². The molecular weight excluding hydrogens is 144 g/mol. The molecule has 12 heavy (non-hydrogen) atoms. The third-order valence-corrected chi connectivity index (χ3v) is 2.52. The van der Waals surface area contributed by atoms with Gasteiger partial charge >= 0.3 is 0 Å². The van der Waals surface area contributed by atoms with Crippen molar-refractivity contribution >= 4 is 0 Å². The summed E-state index contributed by atoms with van der Waals surface area (Å²) in [6.45, 7) is 4.30. The van der Waals surface area contributed by atoms with Gasteiger partial charge in [0.05, 0.1) is 5.92 Å². The molecule has 0 fully saturated rings. The molecule has 0 aliphatic heterocycles. The number of hydrogen-bond acceptors (Lipinski definition) is 0. The van der Waals surface area contributed by atoms with E-state index in [1.54, 1.807) is 0 Å². The number of rotatable bonds is 1. The topological polar surface area (TPSA) is 0 Å². The van der Waals surface area contributed by atoms with Crippen LogP contribution in [0.5, 0.6) is 0 Å². The van der Waals surface area contributed by atoms with Crippen molar-refractivity contribution in [1.82, 2.24) is 0 Å². The first-order valence-corrected chi connectivity index (χ1v) is 4.33. The molecule has 1 aromatic rings. The molecule has 0 heteroatoms. The Morgan fingerprint density at radius 1 is 1.25 bits per heavy atom. The van der Waals surface area contributed by atoms with E-state index in [1.165, 1.54) is 16.7 Å². The molecule has 0 heterocycles. The second kappa shape index (κ2) is 2.68. The molecule has 0 saturated carbocycles. The lowest BCUT2D eigenvalue weighted by Crippen LogP contribution is -2.01. The van der Waals surface area contributed by atoms with Gasteiger partial charge in [-0.05, 0) is 30.5 Å². The Labute approximate surface area is 73.6 Å². The summed E-state index contributed by atoms with van der Waals surface area (Å²) in [6.07, 6.45) is 1.04. The Balaban J connectivity index is 2.36. The van der Waals surface area contributed by atoms with E-state index in [0.717, 1.165) is 6.42 Å². The first kappa shape index (κ1) is 7.43. The fraction of sp³-hybridized carbons (Fsp3) is 0.333. The summed E-state index contributed by atoms with van der Waals surface area (Å²) in [5.74, 6) is 6.72. The minimum atomic E-state index is 0.518. The largest absolute Gasteiger partial charge is 0.101 e. The second-order valence-electron chi connectivity index (χ2n) is 3.42. The van der Waals surface area contributed by atoms with Gasteiger partial charge < -0.3 is 0 Å². The quantitative estimate of drug-likeness (QED) is 0.548. The summed E-state index contributed by atoms with van der Waals surface area (Å²) in [5, 5.41) is 0. The highest BCUT2D eigenvalue weighted by molar-refractivity contribution is 5.39. The van der Waals surface area contributed by atoms with Crippen molar-refractivity contribution in [1.29, 1.82) is 0 Å². The highest BCUT2D eigenvalue weighted by Crippen LogP contribution is 2.25. The molecule has 0 spiro atoms. The van der Waals surface area contributed by atoms with Gasteiger partial charge in [-0.25, -0.2) is 0 Å². The number of aryl methyl sites for hydroxylation is 2. The van der Waals surface area contributed by atoms with E-state index in [4.69, 9.17) is 0 Å². The van der Waals surface area contributed by atoms with Crippen LogP contribution in [-0.4, -0.2) is 0 Å². The molecule has 2 rings (SSSR count). The third kappa shape index (κ3) is 1.12. The van der Waals surface area contributed by atoms with Crippen LogP contribution in [0.1, 0.15) is 29.0 Å². The lowest BCUT2D eigenvalue weighted by atomic mass is 9.89. The SMILES string of the molecule is Cc1ccc(C2C#CC2)cc1C. The summed E-state index contributed by atoms with van der Waals surface area (Å²) in [7, 11) is 0. The Kier molecular flexibility index (Phi) is 1.66. The Hall–Kier alpha value is -1.22. The maximum absolute atomic E-state index is 3.16. The van der Waals surface area contributed by atoms with Gasteiger partial charge in [0.15, 0.2) is 0 Å². The summed E-state index contributed by atoms with van der Waals surface area (Å²) in [5.41, 5.74) is 4.13. The molecule has 1 aromatic carbocycles. The van der Waals surface area contributed by atoms with Gasteiger partial charge in [0.1, 0.15) is 0 Å². The zero-order valence-corrected chi connectivity index (χ0v) is 7.52. The predicted molar refractivity (Wildman–Crippen MR) is 51.1 cm³/mol. The van der Waals surface area contributed by atoms with Crippen molar-refractivity contribution in [3.63, 3.8) is 0 Å². The molecule has 1 unspecified atom stereocenters. The highest BCUT2D eigenvalue weighted by atomic mass is 14.1. The fourth-order valence-electron chi connectivity index (χ4n) is 1.39. The Bertz CT molecular complexity index is 363. The summed E-state index contributed by atoms with van der Waals surface area (Å²) in [6, 6.07) is 6.64. The van der Waals surface area contributed by atoms with Gasteiger partial charge in [-0.2, -0.15) is 0 Å². The van der Waals surface area contributed by atoms with Crippen LogP contribution < -0.4 is 0 Å². The zero-order chi connectivity index (χ0) is 8.55. The van der Waals surface area contributed by atoms with E-state index in [2.05, 4.69) is 43.9 Å². The zero-order valence-electron chi connectivity index (χ0n) is 7.52. The molecule has 1 aliphatic carbocycles. The predicted octanol–water partition coefficient (Wildman–Crippen LogP) is 2.79. The van der Waals surface area contributed by atoms with Crippen LogP contribution in [0.4, 0.5) is 0 Å². The van der Waals surface area contributed by atoms with Gasteiger partial charge in [-0.15, -0.1) is 5.92 Å². The van der Waals surface area contributed by atoms with Crippen molar-refractivity contribution in [2.45, 2.75) is 26.2 Å². The summed E-state index contributed by atoms with van der Waals surface area (Å²) < 4.78 is 0. The first-order chi connectivity index (χ1) is 5.77. The summed E-state index contributed by atoms with van der Waals surface area (Å²) >= 11 is 0. The van der Waals surface area contributed by atoms with Gasteiger partial charge in [-0.3, -0.25) is 0 Å². The molecule has 60 valence electrons. The maximum atomic E-state index is 3.16. The van der Waals surface area contributed by atoms with E-state index in [9.17, 15) is 0 Å². The molecule has 1 aliphatic rings. The Morgan fingerprint density at radius 2 is 2.00 bits per heavy atom. The molecule has 0 aromatic heterocycles. The van der Waals surface area contributed by atoms with Crippen LogP contribution in [0.25, 0.3) is 0 Å². The fourth-order valence-corrected chi connectivity index (χ4v) is 1.39.